The molecule has 0 saturated heterocycles. The number of aliphatic hydroxyl groups is 1. The Labute approximate surface area is 105 Å². The van der Waals surface area contributed by atoms with Gasteiger partial charge in [0.2, 0.25) is 0 Å². The van der Waals surface area contributed by atoms with Crippen molar-refractivity contribution in [3.05, 3.63) is 35.4 Å². The van der Waals surface area contributed by atoms with Crippen molar-refractivity contribution in [3.8, 4) is 0 Å². The van der Waals surface area contributed by atoms with E-state index >= 15 is 0 Å². The molecule has 1 aromatic rings. The van der Waals surface area contributed by atoms with Crippen molar-refractivity contribution in [2.75, 3.05) is 13.7 Å². The van der Waals surface area contributed by atoms with Gasteiger partial charge < -0.3 is 9.84 Å². The third-order valence-electron chi connectivity index (χ3n) is 3.25. The summed E-state index contributed by atoms with van der Waals surface area (Å²) in [6.45, 7) is 4.91. The number of methoxy groups -OCH3 is 1. The van der Waals surface area contributed by atoms with Crippen LogP contribution in [0.1, 0.15) is 30.9 Å². The van der Waals surface area contributed by atoms with E-state index in [1.807, 2.05) is 0 Å². The highest BCUT2D eigenvalue weighted by Gasteiger charge is 2.13. The minimum atomic E-state index is -0.231. The van der Waals surface area contributed by atoms with E-state index in [4.69, 9.17) is 4.74 Å². The molecule has 17 heavy (non-hydrogen) atoms. The molecular formula is C15H24O2. The van der Waals surface area contributed by atoms with E-state index in [0.717, 1.165) is 25.9 Å². The number of benzene rings is 1. The van der Waals surface area contributed by atoms with Crippen molar-refractivity contribution in [2.45, 2.75) is 39.2 Å². The molecule has 0 bridgehead atoms. The molecule has 1 aromatic carbocycles. The third kappa shape index (κ3) is 5.33. The van der Waals surface area contributed by atoms with Gasteiger partial charge in [0.05, 0.1) is 6.10 Å². The highest BCUT2D eigenvalue weighted by Crippen LogP contribution is 2.15. The minimum absolute atomic E-state index is 0.231. The fourth-order valence-electron chi connectivity index (χ4n) is 1.96. The first-order valence-corrected chi connectivity index (χ1v) is 6.36. The molecule has 0 aliphatic heterocycles. The first-order valence-electron chi connectivity index (χ1n) is 6.36. The SMILES string of the molecule is COCCC(C)C(O)CCc1cccc(C)c1. The lowest BCUT2D eigenvalue weighted by molar-refractivity contribution is 0.0822. The van der Waals surface area contributed by atoms with E-state index in [9.17, 15) is 5.11 Å². The topological polar surface area (TPSA) is 29.5 Å². The van der Waals surface area contributed by atoms with Crippen LogP contribution in [0.15, 0.2) is 24.3 Å². The van der Waals surface area contributed by atoms with Crippen molar-refractivity contribution in [3.63, 3.8) is 0 Å². The minimum Gasteiger partial charge on any atom is -0.393 e. The van der Waals surface area contributed by atoms with Crippen LogP contribution in [0.5, 0.6) is 0 Å². The van der Waals surface area contributed by atoms with Crippen molar-refractivity contribution >= 4 is 0 Å². The second kappa shape index (κ2) is 7.46. The van der Waals surface area contributed by atoms with Gasteiger partial charge in [0, 0.05) is 13.7 Å². The number of aryl methyl sites for hydroxylation is 2. The average Bonchev–Trinajstić information content (AvgIpc) is 2.33. The second-order valence-corrected chi connectivity index (χ2v) is 4.85. The molecule has 2 heteroatoms. The molecule has 0 saturated carbocycles. The second-order valence-electron chi connectivity index (χ2n) is 4.85. The smallest absolute Gasteiger partial charge is 0.0569 e. The molecule has 2 nitrogen and oxygen atoms in total. The van der Waals surface area contributed by atoms with Gasteiger partial charge in [0.15, 0.2) is 0 Å². The van der Waals surface area contributed by atoms with Crippen LogP contribution in [-0.2, 0) is 11.2 Å². The Hall–Kier alpha value is -0.860. The lowest BCUT2D eigenvalue weighted by atomic mass is 9.95. The molecule has 0 radical (unpaired) electrons. The maximum atomic E-state index is 10.0. The van der Waals surface area contributed by atoms with Crippen LogP contribution in [0.3, 0.4) is 0 Å². The fraction of sp³-hybridized carbons (Fsp3) is 0.600. The molecule has 1 rings (SSSR count). The van der Waals surface area contributed by atoms with Gasteiger partial charge in [-0.05, 0) is 37.7 Å². The molecule has 0 aromatic heterocycles. The van der Waals surface area contributed by atoms with E-state index in [1.165, 1.54) is 11.1 Å². The summed E-state index contributed by atoms with van der Waals surface area (Å²) in [5.41, 5.74) is 2.59. The summed E-state index contributed by atoms with van der Waals surface area (Å²) >= 11 is 0. The maximum Gasteiger partial charge on any atom is 0.0569 e. The van der Waals surface area contributed by atoms with Gasteiger partial charge in [-0.25, -0.2) is 0 Å². The van der Waals surface area contributed by atoms with Gasteiger partial charge in [-0.1, -0.05) is 36.8 Å². The van der Waals surface area contributed by atoms with Crippen LogP contribution in [0.2, 0.25) is 0 Å². The van der Waals surface area contributed by atoms with E-state index < -0.39 is 0 Å². The lowest BCUT2D eigenvalue weighted by Crippen LogP contribution is -2.19. The highest BCUT2D eigenvalue weighted by molar-refractivity contribution is 5.22. The lowest BCUT2D eigenvalue weighted by Gasteiger charge is -2.18. The first kappa shape index (κ1) is 14.2. The molecule has 2 atom stereocenters. The molecule has 2 unspecified atom stereocenters. The summed E-state index contributed by atoms with van der Waals surface area (Å²) in [6, 6.07) is 8.48. The summed E-state index contributed by atoms with van der Waals surface area (Å²) in [6.07, 6.45) is 2.46. The Bertz CT molecular complexity index is 322. The predicted molar refractivity (Wildman–Crippen MR) is 71.2 cm³/mol. The Morgan fingerprint density at radius 2 is 2.06 bits per heavy atom. The quantitative estimate of drug-likeness (QED) is 0.788. The fourth-order valence-corrected chi connectivity index (χ4v) is 1.96. The Balaban J connectivity index is 2.34. The van der Waals surface area contributed by atoms with Crippen molar-refractivity contribution in [1.82, 2.24) is 0 Å². The van der Waals surface area contributed by atoms with Crippen LogP contribution in [-0.4, -0.2) is 24.9 Å². The Morgan fingerprint density at radius 1 is 1.29 bits per heavy atom. The third-order valence-corrected chi connectivity index (χ3v) is 3.25. The molecule has 0 amide bonds. The van der Waals surface area contributed by atoms with E-state index in [0.29, 0.717) is 5.92 Å². The first-order chi connectivity index (χ1) is 8.13. The van der Waals surface area contributed by atoms with Gasteiger partial charge in [-0.3, -0.25) is 0 Å². The number of aliphatic hydroxyl groups excluding tert-OH is 1. The molecule has 96 valence electrons. The standard InChI is InChI=1S/C15H24O2/c1-12-5-4-6-14(11-12)7-8-15(16)13(2)9-10-17-3/h4-6,11,13,15-16H,7-10H2,1-3H3. The summed E-state index contributed by atoms with van der Waals surface area (Å²) < 4.78 is 5.03. The van der Waals surface area contributed by atoms with Gasteiger partial charge in [-0.2, -0.15) is 0 Å². The van der Waals surface area contributed by atoms with E-state index in [-0.39, 0.29) is 6.10 Å². The molecule has 0 aliphatic carbocycles. The van der Waals surface area contributed by atoms with Crippen LogP contribution >= 0.6 is 0 Å². The zero-order chi connectivity index (χ0) is 12.7. The van der Waals surface area contributed by atoms with E-state index in [2.05, 4.69) is 38.1 Å². The molecule has 0 fully saturated rings. The molecular weight excluding hydrogens is 212 g/mol. The summed E-state index contributed by atoms with van der Waals surface area (Å²) in [5, 5.41) is 10.0. The number of ether oxygens (including phenoxy) is 1. The Kier molecular flexibility index (Phi) is 6.23. The number of hydrogen-bond donors (Lipinski definition) is 1. The van der Waals surface area contributed by atoms with Crippen LogP contribution < -0.4 is 0 Å². The Morgan fingerprint density at radius 3 is 2.71 bits per heavy atom. The summed E-state index contributed by atoms with van der Waals surface area (Å²) in [5.74, 6) is 0.305. The average molecular weight is 236 g/mol. The molecule has 1 N–H and O–H groups in total. The maximum absolute atomic E-state index is 10.0. The van der Waals surface area contributed by atoms with Crippen LogP contribution in [0, 0.1) is 12.8 Å². The van der Waals surface area contributed by atoms with Crippen molar-refractivity contribution in [2.24, 2.45) is 5.92 Å². The van der Waals surface area contributed by atoms with Gasteiger partial charge >= 0.3 is 0 Å². The molecule has 0 aliphatic rings. The normalized spacial score (nSPS) is 14.6. The van der Waals surface area contributed by atoms with Gasteiger partial charge in [0.25, 0.3) is 0 Å². The van der Waals surface area contributed by atoms with Crippen molar-refractivity contribution in [1.29, 1.82) is 0 Å². The summed E-state index contributed by atoms with van der Waals surface area (Å²) in [7, 11) is 1.70. The number of rotatable bonds is 7. The summed E-state index contributed by atoms with van der Waals surface area (Å²) in [4.78, 5) is 0. The van der Waals surface area contributed by atoms with Crippen LogP contribution in [0.25, 0.3) is 0 Å². The number of hydrogen-bond acceptors (Lipinski definition) is 2. The van der Waals surface area contributed by atoms with Gasteiger partial charge in [-0.15, -0.1) is 0 Å². The van der Waals surface area contributed by atoms with Crippen molar-refractivity contribution < 1.29 is 9.84 Å². The largest absolute Gasteiger partial charge is 0.393 e. The van der Waals surface area contributed by atoms with Crippen LogP contribution in [0.4, 0.5) is 0 Å². The molecule has 0 spiro atoms. The van der Waals surface area contributed by atoms with Gasteiger partial charge in [0.1, 0.15) is 0 Å². The predicted octanol–water partition coefficient (Wildman–Crippen LogP) is 2.96. The zero-order valence-corrected chi connectivity index (χ0v) is 11.1. The zero-order valence-electron chi connectivity index (χ0n) is 11.1. The highest BCUT2D eigenvalue weighted by atomic mass is 16.5. The van der Waals surface area contributed by atoms with E-state index in [1.54, 1.807) is 7.11 Å². The monoisotopic (exact) mass is 236 g/mol. The molecule has 0 heterocycles.